The van der Waals surface area contributed by atoms with Gasteiger partial charge in [-0.1, -0.05) is 24.3 Å². The van der Waals surface area contributed by atoms with Crippen LogP contribution in [0.4, 0.5) is 5.69 Å². The molecule has 0 aromatic heterocycles. The number of aliphatic imine (C=N–C) groups is 1. The number of phenols is 1. The summed E-state index contributed by atoms with van der Waals surface area (Å²) in [5.74, 6) is 0.00191. The molecule has 0 radical (unpaired) electrons. The first-order chi connectivity index (χ1) is 12.5. The van der Waals surface area contributed by atoms with Crippen LogP contribution in [0.15, 0.2) is 74.0 Å². The van der Waals surface area contributed by atoms with Gasteiger partial charge < -0.3 is 5.11 Å². The highest BCUT2D eigenvalue weighted by atomic mass is 79.9. The van der Waals surface area contributed by atoms with Crippen molar-refractivity contribution in [1.82, 2.24) is 4.90 Å². The maximum Gasteiger partial charge on any atom is 0.267 e. The van der Waals surface area contributed by atoms with Gasteiger partial charge in [0.2, 0.25) is 0 Å². The molecular formula is C19H14Br2N2O2S. The van der Waals surface area contributed by atoms with Crippen molar-refractivity contribution in [2.24, 2.45) is 4.99 Å². The minimum absolute atomic E-state index is 0.120. The topological polar surface area (TPSA) is 52.9 Å². The highest BCUT2D eigenvalue weighted by Gasteiger charge is 2.32. The molecule has 1 aliphatic heterocycles. The number of para-hydroxylation sites is 1. The quantitative estimate of drug-likeness (QED) is 0.438. The normalized spacial score (nSPS) is 17.3. The maximum atomic E-state index is 12.8. The van der Waals surface area contributed by atoms with E-state index in [-0.39, 0.29) is 11.7 Å². The summed E-state index contributed by atoms with van der Waals surface area (Å²) in [5.41, 5.74) is 1.57. The van der Waals surface area contributed by atoms with Gasteiger partial charge in [-0.25, -0.2) is 4.99 Å². The summed E-state index contributed by atoms with van der Waals surface area (Å²) in [6.07, 6.45) is 3.46. The molecule has 1 N–H and O–H groups in total. The van der Waals surface area contributed by atoms with Gasteiger partial charge in [0.15, 0.2) is 5.17 Å². The van der Waals surface area contributed by atoms with E-state index in [1.165, 1.54) is 11.8 Å². The monoisotopic (exact) mass is 492 g/mol. The summed E-state index contributed by atoms with van der Waals surface area (Å²) in [7, 11) is 0. The predicted octanol–water partition coefficient (Wildman–Crippen LogP) is 5.71. The van der Waals surface area contributed by atoms with E-state index in [0.717, 1.165) is 11.3 Å². The number of nitrogens with zero attached hydrogens (tertiary/aromatic N) is 2. The zero-order valence-corrected chi connectivity index (χ0v) is 17.5. The summed E-state index contributed by atoms with van der Waals surface area (Å²) >= 11 is 7.93. The van der Waals surface area contributed by atoms with Crippen LogP contribution in [0.3, 0.4) is 0 Å². The molecule has 4 nitrogen and oxygen atoms in total. The van der Waals surface area contributed by atoms with Gasteiger partial charge >= 0.3 is 0 Å². The molecule has 26 heavy (non-hydrogen) atoms. The van der Waals surface area contributed by atoms with E-state index in [1.807, 2.05) is 30.3 Å². The SMILES string of the molecule is C=CCN1C(=O)C(=Cc2cc(Br)c(O)c(Br)c2)SC1=Nc1ccccc1. The van der Waals surface area contributed by atoms with Crippen LogP contribution in [0, 0.1) is 0 Å². The summed E-state index contributed by atoms with van der Waals surface area (Å²) < 4.78 is 1.10. The first-order valence-electron chi connectivity index (χ1n) is 7.63. The molecule has 1 amide bonds. The van der Waals surface area contributed by atoms with Crippen molar-refractivity contribution in [2.45, 2.75) is 0 Å². The fourth-order valence-electron chi connectivity index (χ4n) is 2.31. The third-order valence-corrected chi connectivity index (χ3v) is 5.73. The second-order valence-electron chi connectivity index (χ2n) is 5.38. The van der Waals surface area contributed by atoms with Crippen LogP contribution in [-0.4, -0.2) is 27.6 Å². The van der Waals surface area contributed by atoms with E-state index >= 15 is 0 Å². The van der Waals surface area contributed by atoms with E-state index in [0.29, 0.717) is 25.6 Å². The van der Waals surface area contributed by atoms with Crippen LogP contribution in [-0.2, 0) is 4.79 Å². The van der Waals surface area contributed by atoms with Crippen molar-refractivity contribution < 1.29 is 9.90 Å². The number of amidine groups is 1. The highest BCUT2D eigenvalue weighted by Crippen LogP contribution is 2.37. The highest BCUT2D eigenvalue weighted by molar-refractivity contribution is 9.11. The number of hydrogen-bond donors (Lipinski definition) is 1. The molecule has 132 valence electrons. The molecule has 1 saturated heterocycles. The second-order valence-corrected chi connectivity index (χ2v) is 8.10. The number of aromatic hydroxyl groups is 1. The van der Waals surface area contributed by atoms with Gasteiger partial charge in [-0.2, -0.15) is 0 Å². The van der Waals surface area contributed by atoms with Crippen LogP contribution in [0.2, 0.25) is 0 Å². The first-order valence-corrected chi connectivity index (χ1v) is 10.0. The van der Waals surface area contributed by atoms with Gasteiger partial charge in [0, 0.05) is 6.54 Å². The Morgan fingerprint density at radius 2 is 1.85 bits per heavy atom. The molecular weight excluding hydrogens is 480 g/mol. The molecule has 0 unspecified atom stereocenters. The summed E-state index contributed by atoms with van der Waals surface area (Å²) in [6, 6.07) is 13.0. The number of hydrogen-bond acceptors (Lipinski definition) is 4. The van der Waals surface area contributed by atoms with Gasteiger partial charge in [-0.15, -0.1) is 6.58 Å². The molecule has 0 spiro atoms. The lowest BCUT2D eigenvalue weighted by Gasteiger charge is -2.12. The summed E-state index contributed by atoms with van der Waals surface area (Å²) in [5, 5.41) is 10.5. The van der Waals surface area contributed by atoms with Gasteiger partial charge in [0.05, 0.1) is 19.5 Å². The molecule has 0 aliphatic carbocycles. The Balaban J connectivity index is 1.98. The largest absolute Gasteiger partial charge is 0.506 e. The fraction of sp³-hybridized carbons (Fsp3) is 0.0526. The smallest absolute Gasteiger partial charge is 0.267 e. The number of carbonyl (C=O) groups is 1. The number of benzene rings is 2. The van der Waals surface area contributed by atoms with Crippen molar-refractivity contribution >= 4 is 66.5 Å². The molecule has 0 saturated carbocycles. The molecule has 1 fully saturated rings. The van der Waals surface area contributed by atoms with Gasteiger partial charge in [-0.3, -0.25) is 9.69 Å². The van der Waals surface area contributed by atoms with Crippen LogP contribution in [0.25, 0.3) is 6.08 Å². The van der Waals surface area contributed by atoms with Crippen molar-refractivity contribution in [2.75, 3.05) is 6.54 Å². The third kappa shape index (κ3) is 4.11. The maximum absolute atomic E-state index is 12.8. The van der Waals surface area contributed by atoms with Crippen LogP contribution in [0.1, 0.15) is 5.56 Å². The fourth-order valence-corrected chi connectivity index (χ4v) is 4.54. The zero-order chi connectivity index (χ0) is 18.7. The average Bonchev–Trinajstić information content (AvgIpc) is 2.90. The van der Waals surface area contributed by atoms with Gasteiger partial charge in [0.25, 0.3) is 5.91 Å². The van der Waals surface area contributed by atoms with E-state index in [1.54, 1.807) is 29.2 Å². The minimum Gasteiger partial charge on any atom is -0.506 e. The lowest BCUT2D eigenvalue weighted by atomic mass is 10.2. The lowest BCUT2D eigenvalue weighted by Crippen LogP contribution is -2.29. The molecule has 0 atom stereocenters. The number of halogens is 2. The molecule has 0 bridgehead atoms. The molecule has 2 aromatic carbocycles. The Morgan fingerprint density at radius 3 is 2.46 bits per heavy atom. The van der Waals surface area contributed by atoms with Crippen molar-refractivity contribution in [3.05, 3.63) is 74.5 Å². The number of carbonyl (C=O) groups excluding carboxylic acids is 1. The van der Waals surface area contributed by atoms with Crippen LogP contribution >= 0.6 is 43.6 Å². The number of thioether (sulfide) groups is 1. The number of phenolic OH excluding ortho intramolecular Hbond substituents is 1. The van der Waals surface area contributed by atoms with E-state index in [2.05, 4.69) is 43.4 Å². The van der Waals surface area contributed by atoms with E-state index in [9.17, 15) is 9.90 Å². The Kier molecular flexibility index (Phi) is 6.01. The number of rotatable bonds is 4. The predicted molar refractivity (Wildman–Crippen MR) is 115 cm³/mol. The van der Waals surface area contributed by atoms with E-state index in [4.69, 9.17) is 0 Å². The Morgan fingerprint density at radius 1 is 1.19 bits per heavy atom. The zero-order valence-electron chi connectivity index (χ0n) is 13.5. The van der Waals surface area contributed by atoms with Crippen molar-refractivity contribution in [1.29, 1.82) is 0 Å². The molecule has 1 heterocycles. The molecule has 1 aliphatic rings. The average molecular weight is 494 g/mol. The van der Waals surface area contributed by atoms with Crippen molar-refractivity contribution in [3.8, 4) is 5.75 Å². The first kappa shape index (κ1) is 18.9. The molecule has 2 aromatic rings. The number of amides is 1. The minimum atomic E-state index is -0.120. The Labute approximate surface area is 172 Å². The van der Waals surface area contributed by atoms with Gasteiger partial charge in [0.1, 0.15) is 5.75 Å². The van der Waals surface area contributed by atoms with E-state index < -0.39 is 0 Å². The molecule has 3 rings (SSSR count). The van der Waals surface area contributed by atoms with Gasteiger partial charge in [-0.05, 0) is 79.5 Å². The summed E-state index contributed by atoms with van der Waals surface area (Å²) in [6.45, 7) is 4.11. The summed E-state index contributed by atoms with van der Waals surface area (Å²) in [4.78, 5) is 19.5. The third-order valence-electron chi connectivity index (χ3n) is 3.52. The standard InChI is InChI=1S/C19H14Br2N2O2S/c1-2-8-23-18(25)16(11-12-9-14(20)17(24)15(21)10-12)26-19(23)22-13-6-4-3-5-7-13/h2-7,9-11,24H,1,8H2. The van der Waals surface area contributed by atoms with Crippen molar-refractivity contribution in [3.63, 3.8) is 0 Å². The second kappa shape index (κ2) is 8.24. The Bertz CT molecular complexity index is 903. The molecule has 7 heteroatoms. The lowest BCUT2D eigenvalue weighted by molar-refractivity contribution is -0.121. The Hall–Kier alpha value is -1.83. The van der Waals surface area contributed by atoms with Crippen LogP contribution < -0.4 is 0 Å². The van der Waals surface area contributed by atoms with Crippen LogP contribution in [0.5, 0.6) is 5.75 Å².